The van der Waals surface area contributed by atoms with Crippen LogP contribution in [0.15, 0.2) is 24.5 Å². The third-order valence-electron chi connectivity index (χ3n) is 6.00. The molecular formula is C20H23N5O. The second-order valence-corrected chi connectivity index (χ2v) is 7.75. The monoisotopic (exact) mass is 349 g/mol. The first-order chi connectivity index (χ1) is 12.7. The van der Waals surface area contributed by atoms with Gasteiger partial charge in [-0.1, -0.05) is 0 Å². The first kappa shape index (κ1) is 15.7. The molecule has 5 rings (SSSR count). The van der Waals surface area contributed by atoms with Crippen molar-refractivity contribution in [2.75, 3.05) is 31.1 Å². The highest BCUT2D eigenvalue weighted by Gasteiger charge is 2.43. The molecule has 2 fully saturated rings. The van der Waals surface area contributed by atoms with Crippen LogP contribution in [0.2, 0.25) is 0 Å². The predicted molar refractivity (Wildman–Crippen MR) is 98.1 cm³/mol. The molecule has 0 aromatic carbocycles. The Balaban J connectivity index is 1.32. The molecule has 2 atom stereocenters. The van der Waals surface area contributed by atoms with Crippen molar-refractivity contribution in [3.05, 3.63) is 47.2 Å². The van der Waals surface area contributed by atoms with Gasteiger partial charge in [0.15, 0.2) is 0 Å². The van der Waals surface area contributed by atoms with E-state index in [1.165, 1.54) is 17.7 Å². The summed E-state index contributed by atoms with van der Waals surface area (Å²) in [6.45, 7) is 5.64. The number of hydrogen-bond acceptors (Lipinski definition) is 5. The van der Waals surface area contributed by atoms with E-state index < -0.39 is 0 Å². The predicted octanol–water partition coefficient (Wildman–Crippen LogP) is 1.88. The second kappa shape index (κ2) is 6.04. The summed E-state index contributed by atoms with van der Waals surface area (Å²) in [5, 5.41) is 0. The highest BCUT2D eigenvalue weighted by molar-refractivity contribution is 5.94. The summed E-state index contributed by atoms with van der Waals surface area (Å²) in [5.41, 5.74) is 3.30. The molecule has 4 heterocycles. The van der Waals surface area contributed by atoms with Crippen molar-refractivity contribution in [3.63, 3.8) is 0 Å². The molecule has 2 saturated heterocycles. The van der Waals surface area contributed by atoms with Gasteiger partial charge in [-0.25, -0.2) is 9.97 Å². The number of nitrogens with zero attached hydrogens (tertiary/aromatic N) is 5. The number of pyridine rings is 1. The van der Waals surface area contributed by atoms with Gasteiger partial charge in [0, 0.05) is 61.7 Å². The Morgan fingerprint density at radius 2 is 1.92 bits per heavy atom. The molecule has 0 saturated carbocycles. The molecule has 0 radical (unpaired) electrons. The van der Waals surface area contributed by atoms with Gasteiger partial charge in [-0.2, -0.15) is 0 Å². The van der Waals surface area contributed by atoms with Gasteiger partial charge in [-0.15, -0.1) is 0 Å². The van der Waals surface area contributed by atoms with Crippen LogP contribution >= 0.6 is 0 Å². The van der Waals surface area contributed by atoms with Crippen LogP contribution in [0.1, 0.15) is 33.9 Å². The standard InChI is InChI=1S/C20H23N5O/c1-13-22-18-6-2-5-17(18)19(23-13)24-9-15-11-25(12-16(15)10-24)20(26)14-4-3-7-21-8-14/h3-4,7-8,15-16H,2,5-6,9-12H2,1H3. The van der Waals surface area contributed by atoms with Crippen molar-refractivity contribution in [1.29, 1.82) is 0 Å². The van der Waals surface area contributed by atoms with Crippen molar-refractivity contribution in [2.24, 2.45) is 11.8 Å². The maximum Gasteiger partial charge on any atom is 0.255 e. The maximum absolute atomic E-state index is 12.7. The zero-order valence-electron chi connectivity index (χ0n) is 15.1. The zero-order valence-corrected chi connectivity index (χ0v) is 15.1. The number of carbonyl (C=O) groups excluding carboxylic acids is 1. The lowest BCUT2D eigenvalue weighted by molar-refractivity contribution is 0.0782. The van der Waals surface area contributed by atoms with Gasteiger partial charge < -0.3 is 9.80 Å². The van der Waals surface area contributed by atoms with Crippen LogP contribution in [0.3, 0.4) is 0 Å². The number of fused-ring (bicyclic) bond motifs is 2. The van der Waals surface area contributed by atoms with E-state index in [1.807, 2.05) is 24.0 Å². The van der Waals surface area contributed by atoms with Crippen LogP contribution in [-0.2, 0) is 12.8 Å². The minimum atomic E-state index is 0.109. The first-order valence-electron chi connectivity index (χ1n) is 9.49. The molecule has 26 heavy (non-hydrogen) atoms. The quantitative estimate of drug-likeness (QED) is 0.828. The van der Waals surface area contributed by atoms with E-state index in [1.54, 1.807) is 12.4 Å². The van der Waals surface area contributed by atoms with E-state index in [0.29, 0.717) is 17.4 Å². The van der Waals surface area contributed by atoms with Crippen LogP contribution in [0.4, 0.5) is 5.82 Å². The Labute approximate surface area is 153 Å². The number of rotatable bonds is 2. The molecule has 2 aliphatic heterocycles. The third-order valence-corrected chi connectivity index (χ3v) is 6.00. The largest absolute Gasteiger partial charge is 0.356 e. The Morgan fingerprint density at radius 1 is 1.12 bits per heavy atom. The first-order valence-corrected chi connectivity index (χ1v) is 9.49. The molecule has 2 unspecified atom stereocenters. The van der Waals surface area contributed by atoms with Crippen LogP contribution < -0.4 is 4.90 Å². The van der Waals surface area contributed by atoms with Crippen LogP contribution in [-0.4, -0.2) is 51.9 Å². The normalized spacial score (nSPS) is 24.0. The summed E-state index contributed by atoms with van der Waals surface area (Å²) in [7, 11) is 0. The lowest BCUT2D eigenvalue weighted by Gasteiger charge is -2.24. The number of likely N-dealkylation sites (tertiary alicyclic amines) is 1. The fourth-order valence-electron chi connectivity index (χ4n) is 4.80. The van der Waals surface area contributed by atoms with E-state index >= 15 is 0 Å². The molecular weight excluding hydrogens is 326 g/mol. The lowest BCUT2D eigenvalue weighted by atomic mass is 10.0. The van der Waals surface area contributed by atoms with E-state index in [4.69, 9.17) is 4.98 Å². The lowest BCUT2D eigenvalue weighted by Crippen LogP contribution is -2.34. The molecule has 2 aromatic heterocycles. The summed E-state index contributed by atoms with van der Waals surface area (Å²) in [4.78, 5) is 30.6. The summed E-state index contributed by atoms with van der Waals surface area (Å²) >= 11 is 0. The van der Waals surface area contributed by atoms with Gasteiger partial charge in [-0.3, -0.25) is 9.78 Å². The number of anilines is 1. The Morgan fingerprint density at radius 3 is 2.65 bits per heavy atom. The number of aromatic nitrogens is 3. The summed E-state index contributed by atoms with van der Waals surface area (Å²) < 4.78 is 0. The minimum Gasteiger partial charge on any atom is -0.356 e. The smallest absolute Gasteiger partial charge is 0.255 e. The van der Waals surface area contributed by atoms with E-state index in [2.05, 4.69) is 14.9 Å². The highest BCUT2D eigenvalue weighted by atomic mass is 16.2. The summed E-state index contributed by atoms with van der Waals surface area (Å²) in [5.74, 6) is 3.21. The van der Waals surface area contributed by atoms with Gasteiger partial charge in [0.05, 0.1) is 5.56 Å². The fourth-order valence-corrected chi connectivity index (χ4v) is 4.80. The number of amides is 1. The van der Waals surface area contributed by atoms with Crippen molar-refractivity contribution in [2.45, 2.75) is 26.2 Å². The SMILES string of the molecule is Cc1nc2c(c(N3CC4CN(C(=O)c5cccnc5)CC4C3)n1)CCC2. The van der Waals surface area contributed by atoms with E-state index in [9.17, 15) is 4.79 Å². The molecule has 0 bridgehead atoms. The molecule has 2 aromatic rings. The summed E-state index contributed by atoms with van der Waals surface area (Å²) in [6.07, 6.45) is 6.74. The molecule has 6 nitrogen and oxygen atoms in total. The van der Waals surface area contributed by atoms with Gasteiger partial charge in [0.25, 0.3) is 5.91 Å². The Kier molecular flexibility index (Phi) is 3.65. The van der Waals surface area contributed by atoms with Crippen LogP contribution in [0, 0.1) is 18.8 Å². The van der Waals surface area contributed by atoms with Crippen molar-refractivity contribution >= 4 is 11.7 Å². The van der Waals surface area contributed by atoms with E-state index in [0.717, 1.165) is 50.7 Å². The molecule has 6 heteroatoms. The van der Waals surface area contributed by atoms with Crippen LogP contribution in [0.5, 0.6) is 0 Å². The second-order valence-electron chi connectivity index (χ2n) is 7.75. The zero-order chi connectivity index (χ0) is 17.7. The van der Waals surface area contributed by atoms with Gasteiger partial charge >= 0.3 is 0 Å². The molecule has 0 spiro atoms. The molecule has 1 amide bonds. The number of aryl methyl sites for hydroxylation is 2. The molecule has 3 aliphatic rings. The van der Waals surface area contributed by atoms with Gasteiger partial charge in [-0.05, 0) is 38.3 Å². The minimum absolute atomic E-state index is 0.109. The van der Waals surface area contributed by atoms with Crippen molar-refractivity contribution in [3.8, 4) is 0 Å². The van der Waals surface area contributed by atoms with Crippen LogP contribution in [0.25, 0.3) is 0 Å². The average molecular weight is 349 g/mol. The van der Waals surface area contributed by atoms with Crippen molar-refractivity contribution < 1.29 is 4.79 Å². The average Bonchev–Trinajstić information content (AvgIpc) is 3.35. The number of carbonyl (C=O) groups is 1. The maximum atomic E-state index is 12.7. The summed E-state index contributed by atoms with van der Waals surface area (Å²) in [6, 6.07) is 3.67. The molecule has 0 N–H and O–H groups in total. The molecule has 134 valence electrons. The molecule has 1 aliphatic carbocycles. The number of hydrogen-bond donors (Lipinski definition) is 0. The van der Waals surface area contributed by atoms with Crippen molar-refractivity contribution in [1.82, 2.24) is 19.9 Å². The highest BCUT2D eigenvalue weighted by Crippen LogP contribution is 2.37. The Hall–Kier alpha value is -2.50. The van der Waals surface area contributed by atoms with E-state index in [-0.39, 0.29) is 5.91 Å². The Bertz CT molecular complexity index is 839. The van der Waals surface area contributed by atoms with Gasteiger partial charge in [0.1, 0.15) is 11.6 Å². The third kappa shape index (κ3) is 2.55. The topological polar surface area (TPSA) is 62.2 Å². The van der Waals surface area contributed by atoms with Gasteiger partial charge in [0.2, 0.25) is 0 Å². The fraction of sp³-hybridized carbons (Fsp3) is 0.500.